The number of benzene rings is 1. The van der Waals surface area contributed by atoms with Crippen molar-refractivity contribution in [3.05, 3.63) is 33.9 Å². The summed E-state index contributed by atoms with van der Waals surface area (Å²) in [6.07, 6.45) is -4.55. The van der Waals surface area contributed by atoms with E-state index < -0.39 is 34.9 Å². The Kier molecular flexibility index (Phi) is 4.30. The Labute approximate surface area is 104 Å². The number of esters is 1. The van der Waals surface area contributed by atoms with Crippen LogP contribution in [0.5, 0.6) is 5.75 Å². The Balaban J connectivity index is 3.05. The van der Waals surface area contributed by atoms with Crippen LogP contribution in [-0.4, -0.2) is 30.8 Å². The van der Waals surface area contributed by atoms with Gasteiger partial charge in [-0.2, -0.15) is 13.2 Å². The molecular weight excluding hydrogens is 271 g/mol. The van der Waals surface area contributed by atoms with E-state index in [2.05, 4.69) is 9.47 Å². The van der Waals surface area contributed by atoms with Gasteiger partial charge in [0.05, 0.1) is 12.0 Å². The van der Waals surface area contributed by atoms with Crippen molar-refractivity contribution in [2.75, 3.05) is 13.7 Å². The summed E-state index contributed by atoms with van der Waals surface area (Å²) in [6, 6.07) is 2.67. The molecule has 0 aliphatic rings. The highest BCUT2D eigenvalue weighted by Gasteiger charge is 2.29. The third-order valence-corrected chi connectivity index (χ3v) is 1.97. The van der Waals surface area contributed by atoms with Gasteiger partial charge in [-0.1, -0.05) is 0 Å². The van der Waals surface area contributed by atoms with Gasteiger partial charge in [-0.3, -0.25) is 10.1 Å². The summed E-state index contributed by atoms with van der Waals surface area (Å²) in [4.78, 5) is 21.1. The summed E-state index contributed by atoms with van der Waals surface area (Å²) in [7, 11) is 0.995. The van der Waals surface area contributed by atoms with E-state index in [4.69, 9.17) is 0 Å². The smallest absolute Gasteiger partial charge is 0.422 e. The highest BCUT2D eigenvalue weighted by molar-refractivity contribution is 5.94. The van der Waals surface area contributed by atoms with Crippen molar-refractivity contribution in [3.63, 3.8) is 0 Å². The first-order chi connectivity index (χ1) is 8.74. The lowest BCUT2D eigenvalue weighted by Crippen LogP contribution is -2.19. The molecule has 0 saturated carbocycles. The third-order valence-electron chi connectivity index (χ3n) is 1.97. The molecule has 19 heavy (non-hydrogen) atoms. The normalized spacial score (nSPS) is 10.9. The molecule has 0 aliphatic heterocycles. The van der Waals surface area contributed by atoms with Crippen LogP contribution in [0, 0.1) is 10.1 Å². The minimum Gasteiger partial charge on any atom is -0.484 e. The van der Waals surface area contributed by atoms with Crippen LogP contribution >= 0.6 is 0 Å². The van der Waals surface area contributed by atoms with E-state index in [9.17, 15) is 28.1 Å². The highest BCUT2D eigenvalue weighted by atomic mass is 19.4. The fourth-order valence-electron chi connectivity index (χ4n) is 1.20. The quantitative estimate of drug-likeness (QED) is 0.480. The molecular formula is C10H8F3NO5. The van der Waals surface area contributed by atoms with Crippen LogP contribution in [-0.2, 0) is 4.74 Å². The van der Waals surface area contributed by atoms with Crippen molar-refractivity contribution in [1.82, 2.24) is 0 Å². The zero-order valence-electron chi connectivity index (χ0n) is 9.56. The third kappa shape index (κ3) is 4.12. The molecule has 0 N–H and O–H groups in total. The van der Waals surface area contributed by atoms with Crippen molar-refractivity contribution < 1.29 is 32.4 Å². The van der Waals surface area contributed by atoms with Gasteiger partial charge in [-0.05, 0) is 6.07 Å². The minimum atomic E-state index is -4.55. The van der Waals surface area contributed by atoms with Crippen molar-refractivity contribution >= 4 is 11.7 Å². The van der Waals surface area contributed by atoms with Crippen molar-refractivity contribution in [2.45, 2.75) is 6.18 Å². The van der Waals surface area contributed by atoms with Crippen molar-refractivity contribution in [3.8, 4) is 5.75 Å². The number of ether oxygens (including phenoxy) is 2. The number of rotatable bonds is 4. The molecule has 9 heteroatoms. The lowest BCUT2D eigenvalue weighted by molar-refractivity contribution is -0.385. The zero-order chi connectivity index (χ0) is 14.6. The first-order valence-corrected chi connectivity index (χ1v) is 4.81. The number of methoxy groups -OCH3 is 1. The second-order valence-electron chi connectivity index (χ2n) is 3.33. The number of hydrogen-bond donors (Lipinski definition) is 0. The van der Waals surface area contributed by atoms with E-state index in [0.717, 1.165) is 25.3 Å². The zero-order valence-corrected chi connectivity index (χ0v) is 9.56. The Morgan fingerprint density at radius 2 is 2.05 bits per heavy atom. The van der Waals surface area contributed by atoms with E-state index in [-0.39, 0.29) is 5.75 Å². The molecule has 0 spiro atoms. The van der Waals surface area contributed by atoms with Crippen LogP contribution < -0.4 is 4.74 Å². The van der Waals surface area contributed by atoms with Gasteiger partial charge in [-0.15, -0.1) is 0 Å². The van der Waals surface area contributed by atoms with Gasteiger partial charge in [0.1, 0.15) is 11.3 Å². The van der Waals surface area contributed by atoms with Gasteiger partial charge >= 0.3 is 12.1 Å². The molecule has 1 aromatic carbocycles. The van der Waals surface area contributed by atoms with Crippen LogP contribution in [0.15, 0.2) is 18.2 Å². The number of alkyl halides is 3. The molecule has 0 amide bonds. The lowest BCUT2D eigenvalue weighted by atomic mass is 10.1. The minimum absolute atomic E-state index is 0.316. The van der Waals surface area contributed by atoms with Crippen LogP contribution in [0.1, 0.15) is 10.4 Å². The maximum Gasteiger partial charge on any atom is 0.422 e. The fraction of sp³-hybridized carbons (Fsp3) is 0.300. The molecule has 0 bridgehead atoms. The first kappa shape index (κ1) is 14.7. The first-order valence-electron chi connectivity index (χ1n) is 4.81. The van der Waals surface area contributed by atoms with Gasteiger partial charge in [0.15, 0.2) is 6.61 Å². The van der Waals surface area contributed by atoms with Crippen LogP contribution in [0.25, 0.3) is 0 Å². The molecule has 0 atom stereocenters. The average molecular weight is 279 g/mol. The van der Waals surface area contributed by atoms with Gasteiger partial charge in [0.2, 0.25) is 0 Å². The Bertz CT molecular complexity index is 500. The van der Waals surface area contributed by atoms with Gasteiger partial charge in [-0.25, -0.2) is 4.79 Å². The monoisotopic (exact) mass is 279 g/mol. The molecule has 1 aromatic rings. The van der Waals surface area contributed by atoms with E-state index >= 15 is 0 Å². The maximum atomic E-state index is 11.9. The number of carbonyl (C=O) groups excluding carboxylic acids is 1. The SMILES string of the molecule is COC(=O)c1cc(OCC(F)(F)F)ccc1[N+](=O)[O-]. The highest BCUT2D eigenvalue weighted by Crippen LogP contribution is 2.26. The van der Waals surface area contributed by atoms with Crippen LogP contribution in [0.4, 0.5) is 18.9 Å². The summed E-state index contributed by atoms with van der Waals surface area (Å²) in [5.41, 5.74) is -1.06. The molecule has 0 fully saturated rings. The van der Waals surface area contributed by atoms with Gasteiger partial charge < -0.3 is 9.47 Å². The number of nitro benzene ring substituents is 1. The summed E-state index contributed by atoms with van der Waals surface area (Å²) >= 11 is 0. The molecule has 0 aromatic heterocycles. The molecule has 0 radical (unpaired) electrons. The van der Waals surface area contributed by atoms with E-state index in [0.29, 0.717) is 0 Å². The Hall–Kier alpha value is -2.32. The van der Waals surface area contributed by atoms with E-state index in [1.165, 1.54) is 0 Å². The molecule has 1 rings (SSSR count). The molecule has 0 unspecified atom stereocenters. The second-order valence-corrected chi connectivity index (χ2v) is 3.33. The molecule has 0 saturated heterocycles. The number of nitrogens with zero attached hydrogens (tertiary/aromatic N) is 1. The largest absolute Gasteiger partial charge is 0.484 e. The van der Waals surface area contributed by atoms with Crippen molar-refractivity contribution in [1.29, 1.82) is 0 Å². The van der Waals surface area contributed by atoms with Crippen LogP contribution in [0.2, 0.25) is 0 Å². The number of halogens is 3. The average Bonchev–Trinajstić information content (AvgIpc) is 2.34. The summed E-state index contributed by atoms with van der Waals surface area (Å²) in [6.45, 7) is -1.56. The second kappa shape index (κ2) is 5.55. The fourth-order valence-corrected chi connectivity index (χ4v) is 1.20. The van der Waals surface area contributed by atoms with Crippen molar-refractivity contribution in [2.24, 2.45) is 0 Å². The summed E-state index contributed by atoms with van der Waals surface area (Å²) in [5.74, 6) is -1.35. The summed E-state index contributed by atoms with van der Waals surface area (Å²) < 4.78 is 44.5. The number of nitro groups is 1. The predicted molar refractivity (Wildman–Crippen MR) is 56.0 cm³/mol. The maximum absolute atomic E-state index is 11.9. The van der Waals surface area contributed by atoms with Gasteiger partial charge in [0, 0.05) is 12.1 Å². The van der Waals surface area contributed by atoms with Gasteiger partial charge in [0.25, 0.3) is 5.69 Å². The predicted octanol–water partition coefficient (Wildman–Crippen LogP) is 2.32. The Morgan fingerprint density at radius 1 is 1.42 bits per heavy atom. The summed E-state index contributed by atoms with van der Waals surface area (Å²) in [5, 5.41) is 10.6. The molecule has 6 nitrogen and oxygen atoms in total. The topological polar surface area (TPSA) is 78.7 Å². The molecule has 0 aliphatic carbocycles. The van der Waals surface area contributed by atoms with Crippen LogP contribution in [0.3, 0.4) is 0 Å². The Morgan fingerprint density at radius 3 is 2.53 bits per heavy atom. The number of carbonyl (C=O) groups is 1. The molecule has 0 heterocycles. The lowest BCUT2D eigenvalue weighted by Gasteiger charge is -2.10. The molecule has 104 valence electrons. The van der Waals surface area contributed by atoms with E-state index in [1.54, 1.807) is 0 Å². The van der Waals surface area contributed by atoms with E-state index in [1.807, 2.05) is 0 Å². The number of hydrogen-bond acceptors (Lipinski definition) is 5. The standard InChI is InChI=1S/C10H8F3NO5/c1-18-9(15)7-4-6(19-5-10(11,12)13)2-3-8(7)14(16)17/h2-4H,5H2,1H3.